The van der Waals surface area contributed by atoms with Gasteiger partial charge in [0.25, 0.3) is 5.91 Å². The lowest BCUT2D eigenvalue weighted by molar-refractivity contribution is -0.133. The first kappa shape index (κ1) is 21.6. The van der Waals surface area contributed by atoms with Gasteiger partial charge in [-0.3, -0.25) is 14.6 Å². The molecule has 1 aromatic rings. The third-order valence-electron chi connectivity index (χ3n) is 5.96. The molecule has 2 fully saturated rings. The number of benzene rings is 1. The number of imide groups is 1. The van der Waals surface area contributed by atoms with Gasteiger partial charge in [-0.05, 0) is 25.0 Å². The van der Waals surface area contributed by atoms with Crippen LogP contribution in [0.4, 0.5) is 10.5 Å². The molecule has 0 aliphatic carbocycles. The highest BCUT2D eigenvalue weighted by atomic mass is 16.3. The van der Waals surface area contributed by atoms with Crippen molar-refractivity contribution in [1.82, 2.24) is 15.1 Å². The van der Waals surface area contributed by atoms with Crippen LogP contribution in [-0.4, -0.2) is 77.8 Å². The van der Waals surface area contributed by atoms with Crippen LogP contribution in [0.25, 0.3) is 0 Å². The Bertz CT molecular complexity index is 683. The molecular formula is C22H34N4O3. The molecule has 0 aromatic heterocycles. The molecule has 0 radical (unpaired) electrons. The third-order valence-corrected chi connectivity index (χ3v) is 5.96. The first-order valence-electron chi connectivity index (χ1n) is 10.8. The van der Waals surface area contributed by atoms with E-state index >= 15 is 0 Å². The number of anilines is 1. The molecule has 0 bridgehead atoms. The number of rotatable bonds is 9. The normalized spacial score (nSPS) is 20.8. The maximum absolute atomic E-state index is 13.0. The monoisotopic (exact) mass is 402 g/mol. The second-order valence-electron chi connectivity index (χ2n) is 8.21. The van der Waals surface area contributed by atoms with E-state index in [2.05, 4.69) is 27.2 Å². The average Bonchev–Trinajstić information content (AvgIpc) is 2.94. The fourth-order valence-corrected chi connectivity index (χ4v) is 4.55. The highest BCUT2D eigenvalue weighted by Crippen LogP contribution is 2.28. The van der Waals surface area contributed by atoms with Gasteiger partial charge in [0.2, 0.25) is 0 Å². The van der Waals surface area contributed by atoms with E-state index in [1.165, 1.54) is 10.6 Å². The zero-order valence-electron chi connectivity index (χ0n) is 17.6. The first-order chi connectivity index (χ1) is 14.0. The number of para-hydroxylation sites is 1. The summed E-state index contributed by atoms with van der Waals surface area (Å²) in [6, 6.07) is 9.95. The molecule has 1 unspecified atom stereocenters. The molecule has 0 spiro atoms. The Morgan fingerprint density at radius 2 is 1.62 bits per heavy atom. The summed E-state index contributed by atoms with van der Waals surface area (Å²) in [6.45, 7) is 8.05. The Hall–Kier alpha value is -2.12. The van der Waals surface area contributed by atoms with Crippen LogP contribution >= 0.6 is 0 Å². The Balaban J connectivity index is 1.51. The van der Waals surface area contributed by atoms with Crippen molar-refractivity contribution < 1.29 is 14.7 Å². The summed E-state index contributed by atoms with van der Waals surface area (Å²) in [5.41, 5.74) is 0.428. The van der Waals surface area contributed by atoms with Crippen molar-refractivity contribution in [1.29, 1.82) is 0 Å². The minimum absolute atomic E-state index is 0.0543. The van der Waals surface area contributed by atoms with Crippen molar-refractivity contribution in [3.63, 3.8) is 0 Å². The molecule has 7 heteroatoms. The van der Waals surface area contributed by atoms with Crippen molar-refractivity contribution in [2.24, 2.45) is 0 Å². The maximum Gasteiger partial charge on any atom is 0.325 e. The average molecular weight is 403 g/mol. The zero-order valence-corrected chi connectivity index (χ0v) is 17.6. The first-order valence-corrected chi connectivity index (χ1v) is 10.8. The zero-order chi connectivity index (χ0) is 20.9. The number of β-amino-alcohol motifs (C(OH)–C–C–N with tert-alkyl or cyclic N) is 1. The SMILES string of the molecule is CCCC1(CCC)NC(=O)N(CC(O)CN2CCN(c3ccccc3)CC2)C1=O. The van der Waals surface area contributed by atoms with E-state index in [-0.39, 0.29) is 18.5 Å². The third kappa shape index (κ3) is 4.90. The fraction of sp³-hybridized carbons (Fsp3) is 0.636. The Kier molecular flexibility index (Phi) is 7.14. The number of nitrogens with one attached hydrogen (secondary N) is 1. The number of carbonyl (C=O) groups excluding carboxylic acids is 2. The van der Waals surface area contributed by atoms with Gasteiger partial charge in [-0.2, -0.15) is 0 Å². The quantitative estimate of drug-likeness (QED) is 0.619. The molecule has 2 heterocycles. The summed E-state index contributed by atoms with van der Waals surface area (Å²) in [7, 11) is 0. The Morgan fingerprint density at radius 3 is 2.21 bits per heavy atom. The van der Waals surface area contributed by atoms with Crippen LogP contribution in [0.1, 0.15) is 39.5 Å². The van der Waals surface area contributed by atoms with E-state index in [9.17, 15) is 14.7 Å². The lowest BCUT2D eigenvalue weighted by Crippen LogP contribution is -2.51. The van der Waals surface area contributed by atoms with Gasteiger partial charge in [-0.1, -0.05) is 44.9 Å². The summed E-state index contributed by atoms with van der Waals surface area (Å²) >= 11 is 0. The van der Waals surface area contributed by atoms with Gasteiger partial charge in [0.05, 0.1) is 12.6 Å². The molecule has 2 aliphatic heterocycles. The number of aliphatic hydroxyl groups excluding tert-OH is 1. The van der Waals surface area contributed by atoms with Crippen molar-refractivity contribution >= 4 is 17.6 Å². The van der Waals surface area contributed by atoms with Gasteiger partial charge in [-0.25, -0.2) is 4.79 Å². The van der Waals surface area contributed by atoms with Crippen molar-refractivity contribution in [2.45, 2.75) is 51.2 Å². The summed E-state index contributed by atoms with van der Waals surface area (Å²) in [4.78, 5) is 31.2. The second-order valence-corrected chi connectivity index (χ2v) is 8.21. The van der Waals surface area contributed by atoms with E-state index in [4.69, 9.17) is 0 Å². The Labute approximate surface area is 173 Å². The molecule has 0 saturated carbocycles. The van der Waals surface area contributed by atoms with Crippen molar-refractivity contribution in [3.05, 3.63) is 30.3 Å². The van der Waals surface area contributed by atoms with E-state index in [1.807, 2.05) is 32.0 Å². The highest BCUT2D eigenvalue weighted by Gasteiger charge is 2.50. The molecule has 3 amide bonds. The van der Waals surface area contributed by atoms with Crippen molar-refractivity contribution in [3.8, 4) is 0 Å². The Morgan fingerprint density at radius 1 is 1.00 bits per heavy atom. The topological polar surface area (TPSA) is 76.1 Å². The molecule has 29 heavy (non-hydrogen) atoms. The summed E-state index contributed by atoms with van der Waals surface area (Å²) < 4.78 is 0. The highest BCUT2D eigenvalue weighted by molar-refractivity contribution is 6.07. The van der Waals surface area contributed by atoms with Gasteiger partial charge in [0.15, 0.2) is 0 Å². The molecule has 1 atom stereocenters. The molecule has 3 rings (SSSR count). The van der Waals surface area contributed by atoms with Crippen LogP contribution in [0.15, 0.2) is 30.3 Å². The number of nitrogens with zero attached hydrogens (tertiary/aromatic N) is 3. The number of piperazine rings is 1. The van der Waals surface area contributed by atoms with Crippen LogP contribution in [0.3, 0.4) is 0 Å². The molecule has 160 valence electrons. The van der Waals surface area contributed by atoms with E-state index in [0.717, 1.165) is 39.0 Å². The largest absolute Gasteiger partial charge is 0.390 e. The van der Waals surface area contributed by atoms with Gasteiger partial charge in [0, 0.05) is 38.4 Å². The van der Waals surface area contributed by atoms with E-state index < -0.39 is 11.6 Å². The van der Waals surface area contributed by atoms with Gasteiger partial charge >= 0.3 is 6.03 Å². The van der Waals surface area contributed by atoms with E-state index in [1.54, 1.807) is 0 Å². The molecule has 7 nitrogen and oxygen atoms in total. The van der Waals surface area contributed by atoms with Crippen molar-refractivity contribution in [2.75, 3.05) is 44.2 Å². The minimum atomic E-state index is -0.790. The van der Waals surface area contributed by atoms with Crippen LogP contribution in [0.5, 0.6) is 0 Å². The lowest BCUT2D eigenvalue weighted by Gasteiger charge is -2.37. The predicted octanol–water partition coefficient (Wildman–Crippen LogP) is 2.06. The van der Waals surface area contributed by atoms with Gasteiger partial charge in [-0.15, -0.1) is 0 Å². The molecule has 2 saturated heterocycles. The van der Waals surface area contributed by atoms with E-state index in [0.29, 0.717) is 19.4 Å². The standard InChI is InChI=1S/C22H34N4O3/c1-3-10-22(11-4-2)20(28)26(21(29)23-22)17-19(27)16-24-12-14-25(15-13-24)18-8-6-5-7-9-18/h5-9,19,27H,3-4,10-17H2,1-2H3,(H,23,29). The summed E-state index contributed by atoms with van der Waals surface area (Å²) in [5.74, 6) is -0.181. The van der Waals surface area contributed by atoms with Gasteiger partial charge < -0.3 is 15.3 Å². The molecule has 1 aromatic carbocycles. The fourth-order valence-electron chi connectivity index (χ4n) is 4.55. The number of aliphatic hydroxyl groups is 1. The molecule has 2 N–H and O–H groups in total. The lowest BCUT2D eigenvalue weighted by atomic mass is 9.88. The smallest absolute Gasteiger partial charge is 0.325 e. The second kappa shape index (κ2) is 9.59. The summed E-state index contributed by atoms with van der Waals surface area (Å²) in [5, 5.41) is 13.5. The van der Waals surface area contributed by atoms with Crippen LogP contribution < -0.4 is 10.2 Å². The number of urea groups is 1. The molecular weight excluding hydrogens is 368 g/mol. The van der Waals surface area contributed by atoms with Crippen LogP contribution in [0.2, 0.25) is 0 Å². The molecule has 2 aliphatic rings. The summed E-state index contributed by atoms with van der Waals surface area (Å²) in [6.07, 6.45) is 2.19. The maximum atomic E-state index is 13.0. The predicted molar refractivity (Wildman–Crippen MR) is 114 cm³/mol. The number of hydrogen-bond acceptors (Lipinski definition) is 5. The van der Waals surface area contributed by atoms with Gasteiger partial charge in [0.1, 0.15) is 5.54 Å². The number of hydrogen-bond donors (Lipinski definition) is 2. The van der Waals surface area contributed by atoms with Crippen LogP contribution in [-0.2, 0) is 4.79 Å². The number of carbonyl (C=O) groups is 2. The number of amides is 3. The minimum Gasteiger partial charge on any atom is -0.390 e. The van der Waals surface area contributed by atoms with Crippen LogP contribution in [0, 0.1) is 0 Å².